The van der Waals surface area contributed by atoms with E-state index in [9.17, 15) is 14.4 Å². The molecule has 1 aliphatic rings. The van der Waals surface area contributed by atoms with Crippen molar-refractivity contribution in [2.75, 3.05) is 31.6 Å². The number of ketones is 1. The van der Waals surface area contributed by atoms with Gasteiger partial charge in [-0.2, -0.15) is 0 Å². The smallest absolute Gasteiger partial charge is 0.341 e. The summed E-state index contributed by atoms with van der Waals surface area (Å²) in [7, 11) is 0. The van der Waals surface area contributed by atoms with E-state index >= 15 is 0 Å². The van der Waals surface area contributed by atoms with Crippen LogP contribution in [-0.2, 0) is 9.53 Å². The van der Waals surface area contributed by atoms with E-state index in [0.29, 0.717) is 27.3 Å². The number of ether oxygens (including phenoxy) is 1. The van der Waals surface area contributed by atoms with E-state index in [-0.39, 0.29) is 30.4 Å². The highest BCUT2D eigenvalue weighted by atomic mass is 32.1. The number of nitrogens with one attached hydrogen (secondary N) is 1. The number of esters is 1. The first-order chi connectivity index (χ1) is 12.2. The zero-order valence-electron chi connectivity index (χ0n) is 16.2. The van der Waals surface area contributed by atoms with Crippen LogP contribution in [0.4, 0.5) is 5.00 Å². The molecule has 2 atom stereocenters. The van der Waals surface area contributed by atoms with Crippen LogP contribution in [0.25, 0.3) is 0 Å². The van der Waals surface area contributed by atoms with Crippen molar-refractivity contribution >= 4 is 34.0 Å². The van der Waals surface area contributed by atoms with Gasteiger partial charge in [0.15, 0.2) is 5.78 Å². The molecule has 1 aliphatic heterocycles. The normalized spacial score (nSPS) is 20.7. The summed E-state index contributed by atoms with van der Waals surface area (Å²) in [5.74, 6) is 0.319. The molecule has 1 saturated heterocycles. The van der Waals surface area contributed by atoms with Crippen LogP contribution in [-0.4, -0.2) is 48.8 Å². The van der Waals surface area contributed by atoms with Crippen LogP contribution >= 0.6 is 11.3 Å². The lowest BCUT2D eigenvalue weighted by Crippen LogP contribution is -2.42. The molecule has 0 aromatic carbocycles. The number of hydrogen-bond donors (Lipinski definition) is 1. The third kappa shape index (κ3) is 4.92. The lowest BCUT2D eigenvalue weighted by atomic mass is 9.92. The molecule has 7 heteroatoms. The summed E-state index contributed by atoms with van der Waals surface area (Å²) in [6.07, 6.45) is 1.18. The van der Waals surface area contributed by atoms with E-state index in [4.69, 9.17) is 4.74 Å². The van der Waals surface area contributed by atoms with E-state index < -0.39 is 5.97 Å². The molecule has 2 heterocycles. The van der Waals surface area contributed by atoms with Gasteiger partial charge in [-0.15, -0.1) is 11.3 Å². The molecule has 1 fully saturated rings. The Labute approximate surface area is 158 Å². The molecule has 2 rings (SSSR count). The van der Waals surface area contributed by atoms with Gasteiger partial charge in [0.1, 0.15) is 5.00 Å². The molecule has 1 aromatic heterocycles. The Balaban J connectivity index is 2.16. The Bertz CT molecular complexity index is 688. The Kier molecular flexibility index (Phi) is 6.94. The Morgan fingerprint density at radius 1 is 1.23 bits per heavy atom. The molecule has 6 nitrogen and oxygen atoms in total. The molecule has 0 spiro atoms. The first-order valence-corrected chi connectivity index (χ1v) is 9.88. The van der Waals surface area contributed by atoms with Crippen molar-refractivity contribution in [1.82, 2.24) is 4.90 Å². The number of carbonyl (C=O) groups is 3. The van der Waals surface area contributed by atoms with Crippen molar-refractivity contribution in [2.24, 2.45) is 11.8 Å². The molecule has 144 valence electrons. The number of thiophene rings is 1. The molecule has 0 aliphatic carbocycles. The minimum Gasteiger partial charge on any atom is -0.462 e. The molecular formula is C19H28N2O4S. The summed E-state index contributed by atoms with van der Waals surface area (Å²) >= 11 is 1.14. The van der Waals surface area contributed by atoms with Crippen molar-refractivity contribution in [3.05, 3.63) is 16.0 Å². The van der Waals surface area contributed by atoms with Gasteiger partial charge in [-0.05, 0) is 44.6 Å². The van der Waals surface area contributed by atoms with E-state index in [1.54, 1.807) is 13.8 Å². The van der Waals surface area contributed by atoms with Gasteiger partial charge < -0.3 is 10.1 Å². The highest BCUT2D eigenvalue weighted by molar-refractivity contribution is 7.18. The highest BCUT2D eigenvalue weighted by Gasteiger charge is 2.27. The maximum absolute atomic E-state index is 12.5. The number of anilines is 1. The summed E-state index contributed by atoms with van der Waals surface area (Å²) in [5, 5.41) is 3.23. The number of hydrogen-bond acceptors (Lipinski definition) is 6. The van der Waals surface area contributed by atoms with E-state index in [2.05, 4.69) is 24.1 Å². The van der Waals surface area contributed by atoms with Crippen molar-refractivity contribution in [3.8, 4) is 0 Å². The summed E-state index contributed by atoms with van der Waals surface area (Å²) in [4.78, 5) is 39.3. The maximum atomic E-state index is 12.5. The van der Waals surface area contributed by atoms with Crippen LogP contribution in [0.3, 0.4) is 0 Å². The average Bonchev–Trinajstić information content (AvgIpc) is 2.82. The second kappa shape index (κ2) is 8.77. The van der Waals surface area contributed by atoms with Crippen LogP contribution in [0.1, 0.15) is 59.7 Å². The second-order valence-electron chi connectivity index (χ2n) is 7.23. The summed E-state index contributed by atoms with van der Waals surface area (Å²) in [5.41, 5.74) is 0.854. The fraction of sp³-hybridized carbons (Fsp3) is 0.632. The number of amides is 1. The molecule has 0 unspecified atom stereocenters. The van der Waals surface area contributed by atoms with Crippen LogP contribution in [0, 0.1) is 18.8 Å². The number of carbonyl (C=O) groups excluding carboxylic acids is 3. The average molecular weight is 381 g/mol. The van der Waals surface area contributed by atoms with Gasteiger partial charge in [0.2, 0.25) is 5.91 Å². The zero-order valence-corrected chi connectivity index (χ0v) is 17.0. The van der Waals surface area contributed by atoms with Gasteiger partial charge >= 0.3 is 5.97 Å². The van der Waals surface area contributed by atoms with E-state index in [1.165, 1.54) is 13.3 Å². The highest BCUT2D eigenvalue weighted by Crippen LogP contribution is 2.34. The molecule has 0 bridgehead atoms. The monoisotopic (exact) mass is 380 g/mol. The van der Waals surface area contributed by atoms with Crippen molar-refractivity contribution in [1.29, 1.82) is 0 Å². The zero-order chi connectivity index (χ0) is 19.4. The number of piperidine rings is 1. The number of likely N-dealkylation sites (tertiary alicyclic amines) is 1. The minimum atomic E-state index is -0.510. The molecule has 26 heavy (non-hydrogen) atoms. The third-order valence-electron chi connectivity index (χ3n) is 4.51. The molecular weight excluding hydrogens is 352 g/mol. The number of rotatable bonds is 6. The molecule has 1 amide bonds. The van der Waals surface area contributed by atoms with Gasteiger partial charge in [0, 0.05) is 13.1 Å². The van der Waals surface area contributed by atoms with E-state index in [0.717, 1.165) is 24.4 Å². The fourth-order valence-corrected chi connectivity index (χ4v) is 4.78. The van der Waals surface area contributed by atoms with Gasteiger partial charge in [-0.1, -0.05) is 13.8 Å². The number of nitrogens with zero attached hydrogens (tertiary/aromatic N) is 1. The Hall–Kier alpha value is -1.73. The van der Waals surface area contributed by atoms with Gasteiger partial charge in [-0.3, -0.25) is 14.5 Å². The van der Waals surface area contributed by atoms with Crippen LogP contribution in [0.5, 0.6) is 0 Å². The first kappa shape index (κ1) is 20.6. The van der Waals surface area contributed by atoms with Gasteiger partial charge in [0.25, 0.3) is 0 Å². The molecule has 1 aromatic rings. The molecule has 1 N–H and O–H groups in total. The second-order valence-corrected chi connectivity index (χ2v) is 8.25. The topological polar surface area (TPSA) is 75.7 Å². The third-order valence-corrected chi connectivity index (χ3v) is 5.82. The quantitative estimate of drug-likeness (QED) is 0.605. The van der Waals surface area contributed by atoms with Gasteiger partial charge in [0.05, 0.1) is 23.6 Å². The molecule has 0 saturated carbocycles. The maximum Gasteiger partial charge on any atom is 0.341 e. The fourth-order valence-electron chi connectivity index (χ4n) is 3.68. The molecule has 0 radical (unpaired) electrons. The predicted molar refractivity (Wildman–Crippen MR) is 103 cm³/mol. The van der Waals surface area contributed by atoms with Crippen molar-refractivity contribution in [2.45, 2.75) is 41.0 Å². The lowest BCUT2D eigenvalue weighted by molar-refractivity contribution is -0.117. The lowest BCUT2D eigenvalue weighted by Gasteiger charge is -2.34. The van der Waals surface area contributed by atoms with E-state index in [1.807, 2.05) is 0 Å². The predicted octanol–water partition coefficient (Wildman–Crippen LogP) is 3.35. The SMILES string of the molecule is CCOC(=O)c1c(NC(=O)CN2C[C@H](C)C[C@H](C)C2)sc(C(C)=O)c1C. The standard InChI is InChI=1S/C19H28N2O4S/c1-6-25-19(24)16-13(4)17(14(5)22)26-18(16)20-15(23)10-21-8-11(2)7-12(3)9-21/h11-12H,6-10H2,1-5H3,(H,20,23)/t11-,12+. The van der Waals surface area contributed by atoms with Crippen LogP contribution < -0.4 is 5.32 Å². The van der Waals surface area contributed by atoms with Crippen LogP contribution in [0.2, 0.25) is 0 Å². The van der Waals surface area contributed by atoms with Gasteiger partial charge in [-0.25, -0.2) is 4.79 Å². The summed E-state index contributed by atoms with van der Waals surface area (Å²) in [6.45, 7) is 11.6. The number of Topliss-reactive ketones (excluding diaryl/α,β-unsaturated/α-hetero) is 1. The summed E-state index contributed by atoms with van der Waals surface area (Å²) in [6, 6.07) is 0. The van der Waals surface area contributed by atoms with Crippen LogP contribution in [0.15, 0.2) is 0 Å². The Morgan fingerprint density at radius 3 is 2.38 bits per heavy atom. The summed E-state index contributed by atoms with van der Waals surface area (Å²) < 4.78 is 5.10. The van der Waals surface area contributed by atoms with Crippen molar-refractivity contribution < 1.29 is 19.1 Å². The largest absolute Gasteiger partial charge is 0.462 e. The first-order valence-electron chi connectivity index (χ1n) is 9.06. The Morgan fingerprint density at radius 2 is 1.85 bits per heavy atom. The van der Waals surface area contributed by atoms with Crippen molar-refractivity contribution in [3.63, 3.8) is 0 Å². The minimum absolute atomic E-state index is 0.128.